The zero-order valence-corrected chi connectivity index (χ0v) is 10.3. The van der Waals surface area contributed by atoms with E-state index in [1.54, 1.807) is 0 Å². The SMILES string of the molecule is CCc1nccn1CC1(O)CCC(C)CC1. The molecule has 90 valence electrons. The lowest BCUT2D eigenvalue weighted by Crippen LogP contribution is -2.38. The summed E-state index contributed by atoms with van der Waals surface area (Å²) in [4.78, 5) is 4.30. The average molecular weight is 222 g/mol. The van der Waals surface area contributed by atoms with Crippen molar-refractivity contribution in [2.24, 2.45) is 5.92 Å². The van der Waals surface area contributed by atoms with Crippen molar-refractivity contribution in [3.63, 3.8) is 0 Å². The van der Waals surface area contributed by atoms with Gasteiger partial charge < -0.3 is 9.67 Å². The Kier molecular flexibility index (Phi) is 3.33. The summed E-state index contributed by atoms with van der Waals surface area (Å²) >= 11 is 0. The smallest absolute Gasteiger partial charge is 0.108 e. The molecule has 0 aromatic carbocycles. The van der Waals surface area contributed by atoms with Crippen molar-refractivity contribution in [3.05, 3.63) is 18.2 Å². The van der Waals surface area contributed by atoms with Crippen molar-refractivity contribution in [2.75, 3.05) is 0 Å². The first-order chi connectivity index (χ1) is 7.63. The van der Waals surface area contributed by atoms with Crippen molar-refractivity contribution in [3.8, 4) is 0 Å². The zero-order valence-electron chi connectivity index (χ0n) is 10.3. The molecule has 1 saturated carbocycles. The van der Waals surface area contributed by atoms with E-state index in [1.165, 1.54) is 0 Å². The third-order valence-corrected chi connectivity index (χ3v) is 3.79. The topological polar surface area (TPSA) is 38.0 Å². The van der Waals surface area contributed by atoms with E-state index in [4.69, 9.17) is 0 Å². The highest BCUT2D eigenvalue weighted by Crippen LogP contribution is 2.33. The van der Waals surface area contributed by atoms with Crippen LogP contribution >= 0.6 is 0 Å². The maximum Gasteiger partial charge on any atom is 0.108 e. The number of aliphatic hydroxyl groups is 1. The van der Waals surface area contributed by atoms with Crippen molar-refractivity contribution in [2.45, 2.75) is 58.1 Å². The van der Waals surface area contributed by atoms with Gasteiger partial charge >= 0.3 is 0 Å². The highest BCUT2D eigenvalue weighted by atomic mass is 16.3. The molecule has 2 rings (SSSR count). The second-order valence-electron chi connectivity index (χ2n) is 5.23. The Hall–Kier alpha value is -0.830. The van der Waals surface area contributed by atoms with Gasteiger partial charge in [0.05, 0.1) is 12.1 Å². The fourth-order valence-corrected chi connectivity index (χ4v) is 2.57. The molecule has 3 nitrogen and oxygen atoms in total. The van der Waals surface area contributed by atoms with Gasteiger partial charge in [0, 0.05) is 18.8 Å². The molecule has 0 radical (unpaired) electrons. The third kappa shape index (κ3) is 2.46. The molecule has 0 saturated heterocycles. The van der Waals surface area contributed by atoms with Gasteiger partial charge in [-0.2, -0.15) is 0 Å². The molecular weight excluding hydrogens is 200 g/mol. The van der Waals surface area contributed by atoms with Crippen LogP contribution in [0.3, 0.4) is 0 Å². The molecule has 0 atom stereocenters. The van der Waals surface area contributed by atoms with Crippen LogP contribution in [0.25, 0.3) is 0 Å². The fraction of sp³-hybridized carbons (Fsp3) is 0.769. The van der Waals surface area contributed by atoms with E-state index in [0.717, 1.165) is 43.8 Å². The van der Waals surface area contributed by atoms with Crippen molar-refractivity contribution in [1.82, 2.24) is 9.55 Å². The van der Waals surface area contributed by atoms with E-state index < -0.39 is 5.60 Å². The zero-order chi connectivity index (χ0) is 11.6. The van der Waals surface area contributed by atoms with Gasteiger partial charge in [-0.15, -0.1) is 0 Å². The van der Waals surface area contributed by atoms with Crippen LogP contribution in [0.2, 0.25) is 0 Å². The minimum Gasteiger partial charge on any atom is -0.388 e. The van der Waals surface area contributed by atoms with Gasteiger partial charge in [0.1, 0.15) is 5.82 Å². The number of nitrogens with zero attached hydrogens (tertiary/aromatic N) is 2. The van der Waals surface area contributed by atoms with E-state index >= 15 is 0 Å². The maximum absolute atomic E-state index is 10.5. The monoisotopic (exact) mass is 222 g/mol. The molecule has 0 spiro atoms. The second-order valence-corrected chi connectivity index (χ2v) is 5.23. The fourth-order valence-electron chi connectivity index (χ4n) is 2.57. The number of imidazole rings is 1. The van der Waals surface area contributed by atoms with Gasteiger partial charge in [0.25, 0.3) is 0 Å². The van der Waals surface area contributed by atoms with Gasteiger partial charge in [-0.3, -0.25) is 0 Å². The summed E-state index contributed by atoms with van der Waals surface area (Å²) < 4.78 is 2.11. The van der Waals surface area contributed by atoms with E-state index in [0.29, 0.717) is 6.54 Å². The first kappa shape index (κ1) is 11.6. The first-order valence-electron chi connectivity index (χ1n) is 6.35. The summed E-state index contributed by atoms with van der Waals surface area (Å²) in [6, 6.07) is 0. The second kappa shape index (κ2) is 4.58. The minimum absolute atomic E-state index is 0.503. The Morgan fingerprint density at radius 1 is 1.50 bits per heavy atom. The standard InChI is InChI=1S/C13H22N2O/c1-3-12-14-8-9-15(12)10-13(16)6-4-11(2)5-7-13/h8-9,11,16H,3-7,10H2,1-2H3. The predicted octanol–water partition coefficient (Wildman–Crippen LogP) is 2.39. The van der Waals surface area contributed by atoms with Crippen LogP contribution in [0.4, 0.5) is 0 Å². The number of hydrogen-bond acceptors (Lipinski definition) is 2. The van der Waals surface area contributed by atoms with Crippen LogP contribution in [-0.4, -0.2) is 20.3 Å². The number of rotatable bonds is 3. The number of aromatic nitrogens is 2. The van der Waals surface area contributed by atoms with Crippen LogP contribution < -0.4 is 0 Å². The molecule has 1 heterocycles. The van der Waals surface area contributed by atoms with Gasteiger partial charge in [0.15, 0.2) is 0 Å². The molecule has 0 bridgehead atoms. The summed E-state index contributed by atoms with van der Waals surface area (Å²) in [6.07, 6.45) is 8.88. The van der Waals surface area contributed by atoms with Gasteiger partial charge in [0.2, 0.25) is 0 Å². The number of aryl methyl sites for hydroxylation is 1. The van der Waals surface area contributed by atoms with Crippen molar-refractivity contribution >= 4 is 0 Å². The van der Waals surface area contributed by atoms with Crippen molar-refractivity contribution < 1.29 is 5.11 Å². The van der Waals surface area contributed by atoms with E-state index in [-0.39, 0.29) is 0 Å². The summed E-state index contributed by atoms with van der Waals surface area (Å²) in [5, 5.41) is 10.5. The average Bonchev–Trinajstić information content (AvgIpc) is 2.70. The highest BCUT2D eigenvalue weighted by molar-refractivity contribution is 4.95. The summed E-state index contributed by atoms with van der Waals surface area (Å²) in [5.74, 6) is 1.85. The first-order valence-corrected chi connectivity index (χ1v) is 6.35. The maximum atomic E-state index is 10.5. The molecule has 1 N–H and O–H groups in total. The summed E-state index contributed by atoms with van der Waals surface area (Å²) in [5.41, 5.74) is -0.503. The van der Waals surface area contributed by atoms with Crippen LogP contribution in [-0.2, 0) is 13.0 Å². The van der Waals surface area contributed by atoms with Gasteiger partial charge in [-0.1, -0.05) is 13.8 Å². The molecule has 16 heavy (non-hydrogen) atoms. The highest BCUT2D eigenvalue weighted by Gasteiger charge is 2.32. The Morgan fingerprint density at radius 2 is 2.19 bits per heavy atom. The largest absolute Gasteiger partial charge is 0.388 e. The molecule has 3 heteroatoms. The lowest BCUT2D eigenvalue weighted by Gasteiger charge is -2.35. The summed E-state index contributed by atoms with van der Waals surface area (Å²) in [7, 11) is 0. The Balaban J connectivity index is 2.03. The molecule has 0 aliphatic heterocycles. The molecule has 1 aliphatic carbocycles. The molecular formula is C13H22N2O. The molecule has 1 fully saturated rings. The Labute approximate surface area is 97.5 Å². The van der Waals surface area contributed by atoms with E-state index in [1.807, 2.05) is 12.4 Å². The molecule has 0 amide bonds. The normalized spacial score (nSPS) is 30.6. The lowest BCUT2D eigenvalue weighted by molar-refractivity contribution is -0.0223. The Bertz CT molecular complexity index is 337. The Morgan fingerprint density at radius 3 is 2.81 bits per heavy atom. The van der Waals surface area contributed by atoms with Gasteiger partial charge in [-0.05, 0) is 31.6 Å². The van der Waals surface area contributed by atoms with E-state index in [2.05, 4.69) is 23.4 Å². The minimum atomic E-state index is -0.503. The molecule has 1 aliphatic rings. The van der Waals surface area contributed by atoms with Crippen LogP contribution in [0.5, 0.6) is 0 Å². The van der Waals surface area contributed by atoms with Crippen LogP contribution in [0.15, 0.2) is 12.4 Å². The molecule has 1 aromatic heterocycles. The van der Waals surface area contributed by atoms with Gasteiger partial charge in [-0.25, -0.2) is 4.98 Å². The third-order valence-electron chi connectivity index (χ3n) is 3.79. The molecule has 1 aromatic rings. The van der Waals surface area contributed by atoms with Crippen LogP contribution in [0, 0.1) is 5.92 Å². The van der Waals surface area contributed by atoms with Crippen LogP contribution in [0.1, 0.15) is 45.4 Å². The lowest BCUT2D eigenvalue weighted by atomic mass is 9.79. The summed E-state index contributed by atoms with van der Waals surface area (Å²) in [6.45, 7) is 5.09. The van der Waals surface area contributed by atoms with Crippen molar-refractivity contribution in [1.29, 1.82) is 0 Å². The van der Waals surface area contributed by atoms with E-state index in [9.17, 15) is 5.11 Å². The predicted molar refractivity (Wildman–Crippen MR) is 64.2 cm³/mol. The molecule has 0 unspecified atom stereocenters. The quantitative estimate of drug-likeness (QED) is 0.852. The number of hydrogen-bond donors (Lipinski definition) is 1.